The molecule has 1 heterocycles. The largest absolute Gasteiger partial charge is 0.251 e. The lowest BCUT2D eigenvalue weighted by molar-refractivity contribution is 0.682. The van der Waals surface area contributed by atoms with Crippen LogP contribution in [0.2, 0.25) is 15.3 Å². The number of halogens is 3. The van der Waals surface area contributed by atoms with E-state index in [0.717, 1.165) is 17.1 Å². The van der Waals surface area contributed by atoms with Crippen LogP contribution in [0.15, 0.2) is 22.5 Å². The number of benzene rings is 1. The number of hydrogen-bond donors (Lipinski definition) is 0. The van der Waals surface area contributed by atoms with Crippen LogP contribution >= 0.6 is 46.3 Å². The van der Waals surface area contributed by atoms with Crippen molar-refractivity contribution in [3.8, 4) is 0 Å². The summed E-state index contributed by atoms with van der Waals surface area (Å²) in [4.78, 5) is 3.86. The predicted molar refractivity (Wildman–Crippen MR) is 71.5 cm³/mol. The molecule has 0 amide bonds. The summed E-state index contributed by atoms with van der Waals surface area (Å²) in [6.45, 7) is 0. The van der Waals surface area contributed by atoms with E-state index >= 15 is 0 Å². The van der Waals surface area contributed by atoms with Crippen LogP contribution < -0.4 is 0 Å². The van der Waals surface area contributed by atoms with Gasteiger partial charge < -0.3 is 0 Å². The highest BCUT2D eigenvalue weighted by Crippen LogP contribution is 2.24. The summed E-state index contributed by atoms with van der Waals surface area (Å²) in [7, 11) is -1.30. The monoisotopic (exact) mass is 326 g/mol. The second-order valence-electron chi connectivity index (χ2n) is 3.05. The maximum Gasteiger partial charge on any atom is 0.235 e. The molecule has 0 saturated carbocycles. The Morgan fingerprint density at radius 3 is 2.65 bits per heavy atom. The van der Waals surface area contributed by atoms with Gasteiger partial charge in [-0.15, -0.1) is 0 Å². The normalized spacial score (nSPS) is 12.6. The maximum atomic E-state index is 11.9. The summed E-state index contributed by atoms with van der Waals surface area (Å²) in [5.41, 5.74) is 0.751. The second kappa shape index (κ2) is 5.63. The lowest BCUT2D eigenvalue weighted by Crippen LogP contribution is -1.96. The van der Waals surface area contributed by atoms with Gasteiger partial charge in [0.25, 0.3) is 0 Å². The van der Waals surface area contributed by atoms with Crippen LogP contribution in [0.1, 0.15) is 5.56 Å². The number of rotatable bonds is 3. The zero-order valence-corrected chi connectivity index (χ0v) is 12.1. The summed E-state index contributed by atoms with van der Waals surface area (Å²) >= 11 is 18.4. The van der Waals surface area contributed by atoms with E-state index in [4.69, 9.17) is 34.8 Å². The van der Waals surface area contributed by atoms with Gasteiger partial charge in [-0.1, -0.05) is 29.3 Å². The lowest BCUT2D eigenvalue weighted by Gasteiger charge is -2.02. The molecule has 0 saturated heterocycles. The van der Waals surface area contributed by atoms with E-state index in [2.05, 4.69) is 9.36 Å². The third-order valence-corrected chi connectivity index (χ3v) is 5.08. The standard InChI is InChI=1S/C9H5Cl3N2OS2/c10-6-2-1-5(7(11)3-6)4-17(15)9-13-8(12)14-16-9/h1-3H,4H2. The molecule has 1 aromatic carbocycles. The summed E-state index contributed by atoms with van der Waals surface area (Å²) in [6.07, 6.45) is 0. The minimum Gasteiger partial charge on any atom is -0.251 e. The molecule has 1 atom stereocenters. The van der Waals surface area contributed by atoms with Crippen LogP contribution in [0.25, 0.3) is 0 Å². The Morgan fingerprint density at radius 1 is 1.29 bits per heavy atom. The van der Waals surface area contributed by atoms with Crippen LogP contribution in [0.3, 0.4) is 0 Å². The van der Waals surface area contributed by atoms with Crippen molar-refractivity contribution < 1.29 is 4.21 Å². The molecule has 0 aliphatic rings. The number of aromatic nitrogens is 2. The summed E-state index contributed by atoms with van der Waals surface area (Å²) in [6, 6.07) is 5.06. The van der Waals surface area contributed by atoms with E-state index in [9.17, 15) is 4.21 Å². The van der Waals surface area contributed by atoms with Gasteiger partial charge in [0.2, 0.25) is 9.62 Å². The molecule has 0 N–H and O–H groups in total. The average molecular weight is 328 g/mol. The average Bonchev–Trinajstić information content (AvgIpc) is 2.69. The molecule has 0 bridgehead atoms. The molecule has 0 aliphatic heterocycles. The first-order chi connectivity index (χ1) is 8.06. The minimum absolute atomic E-state index is 0.112. The Bertz CT molecular complexity index is 573. The lowest BCUT2D eigenvalue weighted by atomic mass is 10.2. The molecule has 0 spiro atoms. The first kappa shape index (κ1) is 13.2. The SMILES string of the molecule is O=S(Cc1ccc(Cl)cc1Cl)c1nc(Cl)ns1. The first-order valence-corrected chi connectivity index (χ1v) is 7.60. The highest BCUT2D eigenvalue weighted by atomic mass is 35.5. The number of hydrogen-bond acceptors (Lipinski definition) is 4. The van der Waals surface area contributed by atoms with Crippen LogP contribution in [0, 0.1) is 0 Å². The Kier molecular flexibility index (Phi) is 4.38. The predicted octanol–water partition coefficient (Wildman–Crippen LogP) is 3.81. The Morgan fingerprint density at radius 2 is 2.06 bits per heavy atom. The molecule has 3 nitrogen and oxygen atoms in total. The van der Waals surface area contributed by atoms with Crippen molar-refractivity contribution in [1.82, 2.24) is 9.36 Å². The molecular formula is C9H5Cl3N2OS2. The van der Waals surface area contributed by atoms with E-state index in [-0.39, 0.29) is 11.0 Å². The van der Waals surface area contributed by atoms with E-state index in [0.29, 0.717) is 14.4 Å². The van der Waals surface area contributed by atoms with Crippen molar-refractivity contribution in [3.05, 3.63) is 39.1 Å². The van der Waals surface area contributed by atoms with E-state index in [1.54, 1.807) is 18.2 Å². The topological polar surface area (TPSA) is 42.9 Å². The van der Waals surface area contributed by atoms with Gasteiger partial charge in [0.1, 0.15) is 0 Å². The molecule has 90 valence electrons. The van der Waals surface area contributed by atoms with Crippen LogP contribution in [0.5, 0.6) is 0 Å². The van der Waals surface area contributed by atoms with Crippen molar-refractivity contribution in [2.75, 3.05) is 0 Å². The van der Waals surface area contributed by atoms with Crippen molar-refractivity contribution in [3.63, 3.8) is 0 Å². The molecule has 0 fully saturated rings. The van der Waals surface area contributed by atoms with Crippen LogP contribution in [-0.4, -0.2) is 13.6 Å². The van der Waals surface area contributed by atoms with Crippen molar-refractivity contribution in [2.45, 2.75) is 10.1 Å². The highest BCUT2D eigenvalue weighted by Gasteiger charge is 2.12. The fourth-order valence-corrected chi connectivity index (χ4v) is 3.76. The minimum atomic E-state index is -1.30. The van der Waals surface area contributed by atoms with Crippen LogP contribution in [-0.2, 0) is 16.6 Å². The Balaban J connectivity index is 2.18. The zero-order chi connectivity index (χ0) is 12.4. The third kappa shape index (κ3) is 3.39. The molecule has 2 aromatic rings. The molecule has 1 aromatic heterocycles. The van der Waals surface area contributed by atoms with Crippen LogP contribution in [0.4, 0.5) is 0 Å². The van der Waals surface area contributed by atoms with Gasteiger partial charge >= 0.3 is 0 Å². The summed E-state index contributed by atoms with van der Waals surface area (Å²) < 4.78 is 16.1. The molecule has 2 rings (SSSR count). The first-order valence-electron chi connectivity index (χ1n) is 4.38. The van der Waals surface area contributed by atoms with Gasteiger partial charge in [-0.3, -0.25) is 4.21 Å². The molecule has 17 heavy (non-hydrogen) atoms. The fourth-order valence-electron chi connectivity index (χ4n) is 1.13. The number of nitrogens with zero attached hydrogens (tertiary/aromatic N) is 2. The van der Waals surface area contributed by atoms with Gasteiger partial charge in [-0.05, 0) is 40.8 Å². The van der Waals surface area contributed by atoms with Gasteiger partial charge in [0.05, 0.1) is 16.6 Å². The quantitative estimate of drug-likeness (QED) is 0.861. The zero-order valence-electron chi connectivity index (χ0n) is 8.19. The summed E-state index contributed by atoms with van der Waals surface area (Å²) in [5, 5.41) is 1.14. The molecule has 0 radical (unpaired) electrons. The Hall–Kier alpha value is -0.200. The van der Waals surface area contributed by atoms with Gasteiger partial charge in [0, 0.05) is 10.0 Å². The van der Waals surface area contributed by atoms with Gasteiger partial charge in [-0.2, -0.15) is 9.36 Å². The maximum absolute atomic E-state index is 11.9. The smallest absolute Gasteiger partial charge is 0.235 e. The van der Waals surface area contributed by atoms with E-state index in [1.807, 2.05) is 0 Å². The van der Waals surface area contributed by atoms with Crippen molar-refractivity contribution in [1.29, 1.82) is 0 Å². The van der Waals surface area contributed by atoms with Gasteiger partial charge in [-0.25, -0.2) is 0 Å². The molecule has 1 unspecified atom stereocenters. The third-order valence-electron chi connectivity index (χ3n) is 1.88. The highest BCUT2D eigenvalue weighted by molar-refractivity contribution is 7.86. The second-order valence-corrected chi connectivity index (χ2v) is 6.61. The fraction of sp³-hybridized carbons (Fsp3) is 0.111. The molecule has 0 aliphatic carbocycles. The van der Waals surface area contributed by atoms with Crippen molar-refractivity contribution in [2.24, 2.45) is 0 Å². The molecule has 8 heteroatoms. The Labute approximate surface area is 119 Å². The van der Waals surface area contributed by atoms with Crippen molar-refractivity contribution >= 4 is 57.1 Å². The van der Waals surface area contributed by atoms with Gasteiger partial charge in [0.15, 0.2) is 0 Å². The van der Waals surface area contributed by atoms with E-state index < -0.39 is 10.8 Å². The van der Waals surface area contributed by atoms with E-state index in [1.165, 1.54) is 0 Å². The molecular weight excluding hydrogens is 323 g/mol. The summed E-state index contributed by atoms with van der Waals surface area (Å²) in [5.74, 6) is 0.265.